The predicted octanol–water partition coefficient (Wildman–Crippen LogP) is 2.47. The molecule has 2 aromatic carbocycles. The molecule has 1 saturated heterocycles. The second kappa shape index (κ2) is 9.17. The first-order valence-electron chi connectivity index (χ1n) is 10.9. The average molecular weight is 476 g/mol. The van der Waals surface area contributed by atoms with Crippen molar-refractivity contribution in [3.8, 4) is 5.69 Å². The second-order valence-corrected chi connectivity index (χ2v) is 8.58. The van der Waals surface area contributed by atoms with Gasteiger partial charge in [-0.3, -0.25) is 19.0 Å². The smallest absolute Gasteiger partial charge is 0.255 e. The van der Waals surface area contributed by atoms with Gasteiger partial charge in [0.05, 0.1) is 17.1 Å². The molecule has 1 aliphatic rings. The molecule has 34 heavy (non-hydrogen) atoms. The Labute approximate surface area is 199 Å². The van der Waals surface area contributed by atoms with Crippen LogP contribution in [0, 0.1) is 0 Å². The van der Waals surface area contributed by atoms with E-state index in [9.17, 15) is 14.4 Å². The number of fused-ring (bicyclic) bond motifs is 1. The van der Waals surface area contributed by atoms with Crippen LogP contribution in [-0.4, -0.2) is 46.5 Å². The standard InChI is InChI=1S/C25H22ClN5O3/c26-19-12-28-20-11-16(6-9-18(19)20)25(34)30-22-14-27-13-21(22)29-24(33)15-4-7-17(8-5-15)31-10-2-1-3-23(31)32/h1-12,21-22,27-28H,13-14H2,(H,29,33)(H,30,34)/t21-,22+/m0/s1. The van der Waals surface area contributed by atoms with Crippen LogP contribution in [0.25, 0.3) is 16.6 Å². The van der Waals surface area contributed by atoms with Crippen molar-refractivity contribution in [3.63, 3.8) is 0 Å². The van der Waals surface area contributed by atoms with E-state index in [1.807, 2.05) is 6.07 Å². The van der Waals surface area contributed by atoms with Crippen LogP contribution in [0.2, 0.25) is 5.02 Å². The van der Waals surface area contributed by atoms with Crippen molar-refractivity contribution in [1.29, 1.82) is 0 Å². The first kappa shape index (κ1) is 21.9. The van der Waals surface area contributed by atoms with Crippen molar-refractivity contribution in [2.24, 2.45) is 0 Å². The fourth-order valence-corrected chi connectivity index (χ4v) is 4.35. The predicted molar refractivity (Wildman–Crippen MR) is 131 cm³/mol. The number of nitrogens with one attached hydrogen (secondary N) is 4. The Balaban J connectivity index is 1.24. The molecule has 9 heteroatoms. The number of rotatable bonds is 5. The van der Waals surface area contributed by atoms with Gasteiger partial charge >= 0.3 is 0 Å². The third-order valence-electron chi connectivity index (χ3n) is 5.97. The summed E-state index contributed by atoms with van der Waals surface area (Å²) in [5.74, 6) is -0.472. The Morgan fingerprint density at radius 2 is 1.59 bits per heavy atom. The third kappa shape index (κ3) is 4.33. The van der Waals surface area contributed by atoms with Crippen LogP contribution in [0.5, 0.6) is 0 Å². The lowest BCUT2D eigenvalue weighted by Gasteiger charge is -2.21. The number of halogens is 1. The van der Waals surface area contributed by atoms with E-state index in [0.717, 1.165) is 10.9 Å². The maximum Gasteiger partial charge on any atom is 0.255 e. The van der Waals surface area contributed by atoms with E-state index < -0.39 is 0 Å². The molecule has 0 bridgehead atoms. The molecule has 2 atom stereocenters. The van der Waals surface area contributed by atoms with Gasteiger partial charge in [0, 0.05) is 59.3 Å². The topological polar surface area (TPSA) is 108 Å². The summed E-state index contributed by atoms with van der Waals surface area (Å²) in [5, 5.41) is 10.7. The molecule has 0 aliphatic carbocycles. The van der Waals surface area contributed by atoms with Crippen LogP contribution < -0.4 is 21.5 Å². The zero-order valence-electron chi connectivity index (χ0n) is 18.0. The fraction of sp³-hybridized carbons (Fsp3) is 0.160. The Bertz CT molecular complexity index is 1430. The van der Waals surface area contributed by atoms with Crippen LogP contribution in [0.3, 0.4) is 0 Å². The lowest BCUT2D eigenvalue weighted by molar-refractivity contribution is 0.0897. The number of aromatic amines is 1. The molecule has 4 aromatic rings. The van der Waals surface area contributed by atoms with E-state index in [1.165, 1.54) is 10.6 Å². The summed E-state index contributed by atoms with van der Waals surface area (Å²) in [6.07, 6.45) is 3.36. The molecule has 3 heterocycles. The number of nitrogens with zero attached hydrogens (tertiary/aromatic N) is 1. The van der Waals surface area contributed by atoms with Gasteiger partial charge in [0.2, 0.25) is 0 Å². The van der Waals surface area contributed by atoms with E-state index in [0.29, 0.717) is 34.9 Å². The normalized spacial score (nSPS) is 17.6. The molecule has 172 valence electrons. The summed E-state index contributed by atoms with van der Waals surface area (Å²) in [6, 6.07) is 16.5. The molecule has 0 unspecified atom stereocenters. The maximum absolute atomic E-state index is 12.8. The summed E-state index contributed by atoms with van der Waals surface area (Å²) < 4.78 is 1.51. The molecular formula is C25H22ClN5O3. The molecule has 0 spiro atoms. The Morgan fingerprint density at radius 3 is 2.29 bits per heavy atom. The Morgan fingerprint density at radius 1 is 0.912 bits per heavy atom. The van der Waals surface area contributed by atoms with Gasteiger partial charge in [-0.05, 0) is 42.5 Å². The van der Waals surface area contributed by atoms with Crippen LogP contribution in [0.15, 0.2) is 77.9 Å². The largest absolute Gasteiger partial charge is 0.360 e. The molecule has 2 aromatic heterocycles. The Kier molecular flexibility index (Phi) is 5.91. The summed E-state index contributed by atoms with van der Waals surface area (Å²) in [6.45, 7) is 1.09. The van der Waals surface area contributed by atoms with Crippen LogP contribution in [-0.2, 0) is 0 Å². The van der Waals surface area contributed by atoms with Gasteiger partial charge in [-0.15, -0.1) is 0 Å². The quantitative estimate of drug-likeness (QED) is 0.355. The summed E-state index contributed by atoms with van der Waals surface area (Å²) >= 11 is 6.11. The molecule has 4 N–H and O–H groups in total. The number of H-pyrrole nitrogens is 1. The lowest BCUT2D eigenvalue weighted by atomic mass is 10.1. The molecule has 8 nitrogen and oxygen atoms in total. The number of hydrogen-bond acceptors (Lipinski definition) is 4. The SMILES string of the molecule is O=C(N[C@H]1CNC[C@H]1NC(=O)c1ccc2c(Cl)c[nH]c2c1)c1ccc(-n2ccccc2=O)cc1. The van der Waals surface area contributed by atoms with Crippen molar-refractivity contribution in [3.05, 3.63) is 99.6 Å². The second-order valence-electron chi connectivity index (χ2n) is 8.17. The number of carbonyl (C=O) groups excluding carboxylic acids is 2. The summed E-state index contributed by atoms with van der Waals surface area (Å²) in [4.78, 5) is 40.7. The first-order valence-corrected chi connectivity index (χ1v) is 11.2. The average Bonchev–Trinajstić information content (AvgIpc) is 3.45. The highest BCUT2D eigenvalue weighted by Crippen LogP contribution is 2.23. The minimum atomic E-state index is -0.267. The minimum absolute atomic E-state index is 0.145. The highest BCUT2D eigenvalue weighted by molar-refractivity contribution is 6.35. The minimum Gasteiger partial charge on any atom is -0.360 e. The van der Waals surface area contributed by atoms with E-state index in [1.54, 1.807) is 60.9 Å². The van der Waals surface area contributed by atoms with Gasteiger partial charge in [-0.1, -0.05) is 23.7 Å². The fourth-order valence-electron chi connectivity index (χ4n) is 4.13. The van der Waals surface area contributed by atoms with E-state index in [2.05, 4.69) is 20.9 Å². The molecule has 5 rings (SSSR count). The molecule has 1 aliphatic heterocycles. The number of carbonyl (C=O) groups is 2. The van der Waals surface area contributed by atoms with Crippen LogP contribution in [0.4, 0.5) is 0 Å². The number of hydrogen-bond donors (Lipinski definition) is 4. The van der Waals surface area contributed by atoms with Crippen molar-refractivity contribution in [2.45, 2.75) is 12.1 Å². The van der Waals surface area contributed by atoms with Crippen LogP contribution >= 0.6 is 11.6 Å². The van der Waals surface area contributed by atoms with E-state index in [4.69, 9.17) is 11.6 Å². The van der Waals surface area contributed by atoms with Gasteiger partial charge in [0.1, 0.15) is 0 Å². The molecular weight excluding hydrogens is 454 g/mol. The van der Waals surface area contributed by atoms with E-state index >= 15 is 0 Å². The summed E-state index contributed by atoms with van der Waals surface area (Å²) in [7, 11) is 0. The van der Waals surface area contributed by atoms with Gasteiger partial charge in [-0.25, -0.2) is 0 Å². The zero-order chi connectivity index (χ0) is 23.7. The number of amides is 2. The van der Waals surface area contributed by atoms with Gasteiger partial charge in [0.15, 0.2) is 0 Å². The van der Waals surface area contributed by atoms with Gasteiger partial charge in [0.25, 0.3) is 17.4 Å². The first-order chi connectivity index (χ1) is 16.5. The third-order valence-corrected chi connectivity index (χ3v) is 6.28. The Hall–Kier alpha value is -3.88. The molecule has 2 amide bonds. The highest BCUT2D eigenvalue weighted by atomic mass is 35.5. The number of benzene rings is 2. The van der Waals surface area contributed by atoms with Crippen LogP contribution in [0.1, 0.15) is 20.7 Å². The lowest BCUT2D eigenvalue weighted by Crippen LogP contribution is -2.51. The highest BCUT2D eigenvalue weighted by Gasteiger charge is 2.30. The van der Waals surface area contributed by atoms with Gasteiger partial charge in [-0.2, -0.15) is 0 Å². The van der Waals surface area contributed by atoms with Gasteiger partial charge < -0.3 is 20.9 Å². The number of pyridine rings is 1. The monoisotopic (exact) mass is 475 g/mol. The van der Waals surface area contributed by atoms with Crippen molar-refractivity contribution < 1.29 is 9.59 Å². The molecule has 1 fully saturated rings. The molecule has 0 radical (unpaired) electrons. The van der Waals surface area contributed by atoms with Crippen molar-refractivity contribution in [2.75, 3.05) is 13.1 Å². The zero-order valence-corrected chi connectivity index (χ0v) is 18.8. The van der Waals surface area contributed by atoms with Crippen molar-refractivity contribution in [1.82, 2.24) is 25.5 Å². The van der Waals surface area contributed by atoms with Crippen molar-refractivity contribution >= 4 is 34.3 Å². The summed E-state index contributed by atoms with van der Waals surface area (Å²) in [5.41, 5.74) is 2.30. The molecule has 0 saturated carbocycles. The van der Waals surface area contributed by atoms with E-state index in [-0.39, 0.29) is 29.5 Å². The number of aromatic nitrogens is 2. The maximum atomic E-state index is 12.8.